The zero-order valence-corrected chi connectivity index (χ0v) is 6.03. The van der Waals surface area contributed by atoms with E-state index in [4.69, 9.17) is 5.26 Å². The third-order valence-corrected chi connectivity index (χ3v) is 1.69. The molecule has 1 aliphatic heterocycles. The van der Waals surface area contributed by atoms with Crippen LogP contribution in [0, 0.1) is 11.3 Å². The molecule has 10 heavy (non-hydrogen) atoms. The van der Waals surface area contributed by atoms with Gasteiger partial charge in [-0.1, -0.05) is 0 Å². The van der Waals surface area contributed by atoms with E-state index in [1.54, 1.807) is 14.1 Å². The maximum atomic E-state index is 11.0. The Morgan fingerprint density at radius 3 is 2.50 bits per heavy atom. The third-order valence-electron chi connectivity index (χ3n) is 1.69. The molecule has 0 N–H and O–H groups in total. The maximum absolute atomic E-state index is 11.0. The van der Waals surface area contributed by atoms with E-state index in [9.17, 15) is 4.79 Å². The highest BCUT2D eigenvalue weighted by atomic mass is 16.2. The number of hydrogen-bond acceptors (Lipinski definition) is 2. The van der Waals surface area contributed by atoms with Gasteiger partial charge in [-0.15, -0.1) is 0 Å². The van der Waals surface area contributed by atoms with Crippen LogP contribution in [0.15, 0.2) is 0 Å². The number of likely N-dealkylation sites (N-methyl/N-ethyl adjacent to an activating group) is 2. The van der Waals surface area contributed by atoms with Crippen molar-refractivity contribution in [2.45, 2.75) is 6.04 Å². The van der Waals surface area contributed by atoms with Crippen molar-refractivity contribution in [2.24, 2.45) is 0 Å². The molecule has 0 spiro atoms. The van der Waals surface area contributed by atoms with Gasteiger partial charge in [-0.05, 0) is 0 Å². The second-order valence-electron chi connectivity index (χ2n) is 2.42. The average Bonchev–Trinajstić information content (AvgIpc) is 2.17. The van der Waals surface area contributed by atoms with Crippen molar-refractivity contribution in [1.82, 2.24) is 9.80 Å². The molecule has 4 heteroatoms. The monoisotopic (exact) mass is 139 g/mol. The maximum Gasteiger partial charge on any atom is 0.320 e. The molecule has 0 aromatic carbocycles. The molecule has 0 bridgehead atoms. The minimum atomic E-state index is -0.266. The average molecular weight is 139 g/mol. The molecule has 0 radical (unpaired) electrons. The molecule has 0 aliphatic carbocycles. The van der Waals surface area contributed by atoms with Crippen LogP contribution in [0.5, 0.6) is 0 Å². The van der Waals surface area contributed by atoms with Gasteiger partial charge in [0.15, 0.2) is 0 Å². The number of nitriles is 1. The SMILES string of the molecule is CN1CC(C#N)N(C)C1=O. The molecule has 0 aromatic heterocycles. The second kappa shape index (κ2) is 2.18. The van der Waals surface area contributed by atoms with Gasteiger partial charge in [0.05, 0.1) is 12.6 Å². The third kappa shape index (κ3) is 0.798. The van der Waals surface area contributed by atoms with Crippen molar-refractivity contribution in [3.05, 3.63) is 0 Å². The smallest absolute Gasteiger partial charge is 0.320 e. The highest BCUT2D eigenvalue weighted by Crippen LogP contribution is 2.09. The first-order valence-electron chi connectivity index (χ1n) is 3.04. The number of hydrogen-bond donors (Lipinski definition) is 0. The van der Waals surface area contributed by atoms with Gasteiger partial charge < -0.3 is 9.80 Å². The number of nitrogens with zero attached hydrogens (tertiary/aromatic N) is 3. The fourth-order valence-electron chi connectivity index (χ4n) is 0.990. The molecule has 0 aromatic rings. The Morgan fingerprint density at radius 2 is 2.30 bits per heavy atom. The van der Waals surface area contributed by atoms with E-state index in [1.807, 2.05) is 6.07 Å². The van der Waals surface area contributed by atoms with Crippen LogP contribution < -0.4 is 0 Å². The molecule has 1 atom stereocenters. The van der Waals surface area contributed by atoms with Crippen LogP contribution in [0.4, 0.5) is 4.79 Å². The summed E-state index contributed by atoms with van der Waals surface area (Å²) in [6.07, 6.45) is 0. The summed E-state index contributed by atoms with van der Waals surface area (Å²) in [5.74, 6) is 0. The van der Waals surface area contributed by atoms with E-state index >= 15 is 0 Å². The van der Waals surface area contributed by atoms with Crippen LogP contribution in [-0.4, -0.2) is 42.5 Å². The van der Waals surface area contributed by atoms with Crippen molar-refractivity contribution in [2.75, 3.05) is 20.6 Å². The van der Waals surface area contributed by atoms with Crippen molar-refractivity contribution in [3.63, 3.8) is 0 Å². The number of rotatable bonds is 0. The summed E-state index contributed by atoms with van der Waals surface area (Å²) < 4.78 is 0. The van der Waals surface area contributed by atoms with Crippen LogP contribution in [0.1, 0.15) is 0 Å². The molecule has 54 valence electrons. The van der Waals surface area contributed by atoms with Gasteiger partial charge in [0.25, 0.3) is 0 Å². The van der Waals surface area contributed by atoms with Crippen LogP contribution in [-0.2, 0) is 0 Å². The Morgan fingerprint density at radius 1 is 1.70 bits per heavy atom. The molecule has 1 heterocycles. The van der Waals surface area contributed by atoms with Crippen molar-refractivity contribution in [1.29, 1.82) is 5.26 Å². The summed E-state index contributed by atoms with van der Waals surface area (Å²) in [5.41, 5.74) is 0. The Labute approximate surface area is 59.6 Å². The Bertz CT molecular complexity index is 196. The molecule has 2 amide bonds. The lowest BCUT2D eigenvalue weighted by Gasteiger charge is -2.09. The zero-order chi connectivity index (χ0) is 7.72. The van der Waals surface area contributed by atoms with Crippen LogP contribution in [0.2, 0.25) is 0 Å². The molecule has 1 unspecified atom stereocenters. The molecular formula is C6H9N3O. The van der Waals surface area contributed by atoms with E-state index in [1.165, 1.54) is 9.80 Å². The minimum absolute atomic E-state index is 0.0773. The highest BCUT2D eigenvalue weighted by molar-refractivity contribution is 5.77. The summed E-state index contributed by atoms with van der Waals surface area (Å²) in [6, 6.07) is 1.69. The van der Waals surface area contributed by atoms with Crippen LogP contribution in [0.25, 0.3) is 0 Å². The van der Waals surface area contributed by atoms with Gasteiger partial charge >= 0.3 is 6.03 Å². The molecular weight excluding hydrogens is 130 g/mol. The predicted octanol–water partition coefficient (Wildman–Crippen LogP) is -0.124. The van der Waals surface area contributed by atoms with Gasteiger partial charge in [-0.3, -0.25) is 0 Å². The quantitative estimate of drug-likeness (QED) is 0.469. The number of amides is 2. The minimum Gasteiger partial charge on any atom is -0.325 e. The first-order chi connectivity index (χ1) is 4.66. The van der Waals surface area contributed by atoms with Gasteiger partial charge in [-0.2, -0.15) is 5.26 Å². The Kier molecular flexibility index (Phi) is 1.50. The van der Waals surface area contributed by atoms with Crippen LogP contribution >= 0.6 is 0 Å². The molecule has 1 rings (SSSR count). The van der Waals surface area contributed by atoms with Crippen molar-refractivity contribution < 1.29 is 4.79 Å². The summed E-state index contributed by atoms with van der Waals surface area (Å²) in [7, 11) is 3.33. The first-order valence-corrected chi connectivity index (χ1v) is 3.04. The second-order valence-corrected chi connectivity index (χ2v) is 2.42. The number of carbonyl (C=O) groups is 1. The van der Waals surface area contributed by atoms with Crippen LogP contribution in [0.3, 0.4) is 0 Å². The first kappa shape index (κ1) is 6.87. The van der Waals surface area contributed by atoms with Gasteiger partial charge in [0.2, 0.25) is 0 Å². The summed E-state index contributed by atoms with van der Waals surface area (Å²) in [5, 5.41) is 8.50. The van der Waals surface area contributed by atoms with Crippen molar-refractivity contribution >= 4 is 6.03 Å². The van der Waals surface area contributed by atoms with Crippen molar-refractivity contribution in [3.8, 4) is 6.07 Å². The molecule has 4 nitrogen and oxygen atoms in total. The lowest BCUT2D eigenvalue weighted by Crippen LogP contribution is -2.29. The number of carbonyl (C=O) groups excluding carboxylic acids is 1. The van der Waals surface area contributed by atoms with E-state index < -0.39 is 0 Å². The summed E-state index contributed by atoms with van der Waals surface area (Å²) in [4.78, 5) is 14.0. The highest BCUT2D eigenvalue weighted by Gasteiger charge is 2.31. The van der Waals surface area contributed by atoms with E-state index in [-0.39, 0.29) is 12.1 Å². The summed E-state index contributed by atoms with van der Waals surface area (Å²) >= 11 is 0. The van der Waals surface area contributed by atoms with E-state index in [0.29, 0.717) is 6.54 Å². The number of urea groups is 1. The lowest BCUT2D eigenvalue weighted by molar-refractivity contribution is 0.204. The largest absolute Gasteiger partial charge is 0.325 e. The van der Waals surface area contributed by atoms with E-state index in [0.717, 1.165) is 0 Å². The van der Waals surface area contributed by atoms with Gasteiger partial charge in [0, 0.05) is 14.1 Å². The topological polar surface area (TPSA) is 47.3 Å². The molecule has 1 aliphatic rings. The normalized spacial score (nSPS) is 25.3. The van der Waals surface area contributed by atoms with E-state index in [2.05, 4.69) is 0 Å². The Hall–Kier alpha value is -1.24. The fraction of sp³-hybridized carbons (Fsp3) is 0.667. The molecule has 1 fully saturated rings. The van der Waals surface area contributed by atoms with Gasteiger partial charge in [-0.25, -0.2) is 4.79 Å². The lowest BCUT2D eigenvalue weighted by atomic mass is 10.3. The zero-order valence-electron chi connectivity index (χ0n) is 6.03. The fourth-order valence-corrected chi connectivity index (χ4v) is 0.990. The standard InChI is InChI=1S/C6H9N3O/c1-8-4-5(3-7)9(2)6(8)10/h5H,4H2,1-2H3. The van der Waals surface area contributed by atoms with Gasteiger partial charge in [0.1, 0.15) is 6.04 Å². The summed E-state index contributed by atoms with van der Waals surface area (Å²) in [6.45, 7) is 0.520. The molecule has 0 saturated carbocycles. The predicted molar refractivity (Wildman–Crippen MR) is 35.2 cm³/mol. The molecule has 1 saturated heterocycles. The Balaban J connectivity index is 2.73.